The van der Waals surface area contributed by atoms with Crippen LogP contribution in [-0.2, 0) is 19.7 Å². The number of benzene rings is 1. The number of ether oxygens (including phenoxy) is 4. The van der Waals surface area contributed by atoms with Crippen LogP contribution < -0.4 is 9.47 Å². The minimum Gasteiger partial charge on any atom is -0.501 e. The summed E-state index contributed by atoms with van der Waals surface area (Å²) < 4.78 is 21.0. The Balaban J connectivity index is 2.57. The summed E-state index contributed by atoms with van der Waals surface area (Å²) in [7, 11) is 4.51. The molecule has 0 radical (unpaired) electrons. The fourth-order valence-corrected chi connectivity index (χ4v) is 2.65. The zero-order valence-corrected chi connectivity index (χ0v) is 13.4. The lowest BCUT2D eigenvalue weighted by Gasteiger charge is -2.30. The predicted molar refractivity (Wildman–Crippen MR) is 82.1 cm³/mol. The molecule has 0 fully saturated rings. The van der Waals surface area contributed by atoms with Crippen LogP contribution in [0.4, 0.5) is 0 Å². The fraction of sp³-hybridized carbons (Fsp3) is 0.412. The summed E-state index contributed by atoms with van der Waals surface area (Å²) in [5.41, 5.74) is -0.840. The van der Waals surface area contributed by atoms with E-state index in [0.29, 0.717) is 35.7 Å². The van der Waals surface area contributed by atoms with Crippen molar-refractivity contribution in [1.82, 2.24) is 0 Å². The van der Waals surface area contributed by atoms with Gasteiger partial charge in [-0.3, -0.25) is 4.79 Å². The maximum absolute atomic E-state index is 12.6. The van der Waals surface area contributed by atoms with E-state index in [1.54, 1.807) is 18.2 Å². The highest BCUT2D eigenvalue weighted by Gasteiger charge is 2.44. The molecule has 1 atom stereocenters. The lowest BCUT2D eigenvalue weighted by molar-refractivity contribution is -0.119. The van der Waals surface area contributed by atoms with E-state index in [1.165, 1.54) is 27.4 Å². The number of nitriles is 1. The van der Waals surface area contributed by atoms with Gasteiger partial charge in [-0.05, 0) is 12.5 Å². The van der Waals surface area contributed by atoms with Crippen molar-refractivity contribution in [1.29, 1.82) is 5.26 Å². The second-order valence-electron chi connectivity index (χ2n) is 5.08. The standard InChI is InChI=1S/C17H19NO5/c1-20-11-23-16-13(5-4-6-14(16)22-3)17(10-18)8-7-12(21-2)9-15(17)19/h4-6,9H,7-8,11H2,1-3H3/t17-/m1/s1. The van der Waals surface area contributed by atoms with Gasteiger partial charge in [-0.1, -0.05) is 12.1 Å². The number of allylic oxidation sites excluding steroid dienone is 2. The zero-order valence-electron chi connectivity index (χ0n) is 13.4. The van der Waals surface area contributed by atoms with Gasteiger partial charge in [0.1, 0.15) is 5.41 Å². The second kappa shape index (κ2) is 7.16. The Morgan fingerprint density at radius 1 is 1.26 bits per heavy atom. The van der Waals surface area contributed by atoms with Gasteiger partial charge in [0.2, 0.25) is 0 Å². The van der Waals surface area contributed by atoms with Crippen molar-refractivity contribution in [3.8, 4) is 17.6 Å². The highest BCUT2D eigenvalue weighted by molar-refractivity contribution is 6.03. The molecule has 0 amide bonds. The Morgan fingerprint density at radius 2 is 2.04 bits per heavy atom. The van der Waals surface area contributed by atoms with E-state index in [9.17, 15) is 10.1 Å². The summed E-state index contributed by atoms with van der Waals surface area (Å²) in [6.45, 7) is -0.0117. The van der Waals surface area contributed by atoms with E-state index in [1.807, 2.05) is 0 Å². The third-order valence-corrected chi connectivity index (χ3v) is 3.89. The summed E-state index contributed by atoms with van der Waals surface area (Å²) in [5, 5.41) is 9.77. The van der Waals surface area contributed by atoms with Crippen LogP contribution in [0.15, 0.2) is 30.0 Å². The van der Waals surface area contributed by atoms with Gasteiger partial charge in [0.15, 0.2) is 24.1 Å². The molecule has 0 bridgehead atoms. The highest BCUT2D eigenvalue weighted by atomic mass is 16.7. The first kappa shape index (κ1) is 16.8. The molecule has 1 aromatic carbocycles. The molecule has 6 nitrogen and oxygen atoms in total. The molecule has 1 aromatic rings. The maximum Gasteiger partial charge on any atom is 0.188 e. The topological polar surface area (TPSA) is 77.8 Å². The van der Waals surface area contributed by atoms with Crippen molar-refractivity contribution in [2.24, 2.45) is 0 Å². The summed E-state index contributed by atoms with van der Waals surface area (Å²) in [4.78, 5) is 12.6. The molecule has 0 saturated carbocycles. The Morgan fingerprint density at radius 3 is 2.61 bits per heavy atom. The lowest BCUT2D eigenvalue weighted by Crippen LogP contribution is -2.36. The van der Waals surface area contributed by atoms with E-state index >= 15 is 0 Å². The van der Waals surface area contributed by atoms with Crippen molar-refractivity contribution in [3.63, 3.8) is 0 Å². The quantitative estimate of drug-likeness (QED) is 0.749. The normalized spacial score (nSPS) is 20.4. The number of carbonyl (C=O) groups is 1. The second-order valence-corrected chi connectivity index (χ2v) is 5.08. The fourth-order valence-electron chi connectivity index (χ4n) is 2.65. The number of carbonyl (C=O) groups excluding carboxylic acids is 1. The summed E-state index contributed by atoms with van der Waals surface area (Å²) >= 11 is 0. The first-order valence-electron chi connectivity index (χ1n) is 7.12. The maximum atomic E-state index is 12.6. The van der Waals surface area contributed by atoms with Crippen LogP contribution in [0.1, 0.15) is 18.4 Å². The van der Waals surface area contributed by atoms with Gasteiger partial charge < -0.3 is 18.9 Å². The number of methoxy groups -OCH3 is 3. The van der Waals surface area contributed by atoms with E-state index in [-0.39, 0.29) is 12.6 Å². The van der Waals surface area contributed by atoms with Crippen molar-refractivity contribution >= 4 is 5.78 Å². The molecular weight excluding hydrogens is 298 g/mol. The van der Waals surface area contributed by atoms with Crippen LogP contribution in [0.5, 0.6) is 11.5 Å². The highest BCUT2D eigenvalue weighted by Crippen LogP contribution is 2.44. The largest absolute Gasteiger partial charge is 0.501 e. The number of rotatable bonds is 6. The number of hydrogen-bond donors (Lipinski definition) is 0. The summed E-state index contributed by atoms with van der Waals surface area (Å²) in [6, 6.07) is 7.32. The van der Waals surface area contributed by atoms with E-state index in [2.05, 4.69) is 6.07 Å². The number of ketones is 1. The monoisotopic (exact) mass is 317 g/mol. The SMILES string of the molecule is COCOc1c(OC)cccc1[C@]1(C#N)CCC(OC)=CC1=O. The van der Waals surface area contributed by atoms with Crippen molar-refractivity contribution in [2.45, 2.75) is 18.3 Å². The lowest BCUT2D eigenvalue weighted by atomic mass is 9.71. The van der Waals surface area contributed by atoms with Gasteiger partial charge in [0, 0.05) is 25.2 Å². The van der Waals surface area contributed by atoms with Gasteiger partial charge in [-0.15, -0.1) is 0 Å². The number of hydrogen-bond acceptors (Lipinski definition) is 6. The molecule has 0 spiro atoms. The minimum absolute atomic E-state index is 0.0117. The van der Waals surface area contributed by atoms with Crippen molar-refractivity contribution in [3.05, 3.63) is 35.6 Å². The molecule has 1 aliphatic rings. The van der Waals surface area contributed by atoms with Crippen LogP contribution in [0.3, 0.4) is 0 Å². The van der Waals surface area contributed by atoms with Crippen LogP contribution in [-0.4, -0.2) is 33.9 Å². The molecule has 2 rings (SSSR count). The molecule has 0 aromatic heterocycles. The van der Waals surface area contributed by atoms with E-state index < -0.39 is 5.41 Å². The Hall–Kier alpha value is -2.52. The summed E-state index contributed by atoms with van der Waals surface area (Å²) in [6.07, 6.45) is 2.20. The smallest absolute Gasteiger partial charge is 0.188 e. The molecule has 122 valence electrons. The molecule has 0 unspecified atom stereocenters. The molecule has 6 heteroatoms. The molecule has 23 heavy (non-hydrogen) atoms. The van der Waals surface area contributed by atoms with Crippen LogP contribution in [0.25, 0.3) is 0 Å². The Labute approximate surface area is 135 Å². The van der Waals surface area contributed by atoms with Gasteiger partial charge in [-0.2, -0.15) is 5.26 Å². The van der Waals surface area contributed by atoms with E-state index in [0.717, 1.165) is 0 Å². The third kappa shape index (κ3) is 3.01. The van der Waals surface area contributed by atoms with Gasteiger partial charge >= 0.3 is 0 Å². The Kier molecular flexibility index (Phi) is 5.24. The first-order chi connectivity index (χ1) is 11.1. The van der Waals surface area contributed by atoms with Gasteiger partial charge in [0.05, 0.1) is 26.0 Å². The average Bonchev–Trinajstić information content (AvgIpc) is 2.59. The molecule has 0 heterocycles. The van der Waals surface area contributed by atoms with E-state index in [4.69, 9.17) is 18.9 Å². The zero-order chi connectivity index (χ0) is 16.9. The molecule has 0 N–H and O–H groups in total. The molecule has 0 aliphatic heterocycles. The van der Waals surface area contributed by atoms with Crippen LogP contribution in [0.2, 0.25) is 0 Å². The molecule has 1 aliphatic carbocycles. The van der Waals surface area contributed by atoms with Gasteiger partial charge in [-0.25, -0.2) is 0 Å². The predicted octanol–water partition coefficient (Wildman–Crippen LogP) is 2.33. The van der Waals surface area contributed by atoms with Crippen molar-refractivity contribution < 1.29 is 23.7 Å². The average molecular weight is 317 g/mol. The Bertz CT molecular complexity index is 661. The first-order valence-corrected chi connectivity index (χ1v) is 7.12. The van der Waals surface area contributed by atoms with Gasteiger partial charge in [0.25, 0.3) is 0 Å². The van der Waals surface area contributed by atoms with Crippen LogP contribution >= 0.6 is 0 Å². The third-order valence-electron chi connectivity index (χ3n) is 3.89. The molecule has 0 saturated heterocycles. The minimum atomic E-state index is -1.32. The number of nitrogens with zero attached hydrogens (tertiary/aromatic N) is 1. The molecular formula is C17H19NO5. The van der Waals surface area contributed by atoms with Crippen molar-refractivity contribution in [2.75, 3.05) is 28.1 Å². The summed E-state index contributed by atoms with van der Waals surface area (Å²) in [5.74, 6) is 1.05. The van der Waals surface area contributed by atoms with Crippen LogP contribution in [0, 0.1) is 11.3 Å². The number of para-hydroxylation sites is 1.